The molecule has 5 aliphatic rings. The van der Waals surface area contributed by atoms with E-state index in [1.165, 1.54) is 0 Å². The highest BCUT2D eigenvalue weighted by Gasteiger charge is 2.52. The van der Waals surface area contributed by atoms with Crippen LogP contribution in [0.5, 0.6) is 0 Å². The van der Waals surface area contributed by atoms with Crippen molar-refractivity contribution in [3.8, 4) is 10.8 Å². The van der Waals surface area contributed by atoms with Gasteiger partial charge in [-0.2, -0.15) is 0 Å². The highest BCUT2D eigenvalue weighted by atomic mass is 79.9. The number of ether oxygens (including phenoxy) is 8. The highest BCUT2D eigenvalue weighted by Crippen LogP contribution is 2.47. The minimum absolute atomic E-state index is 0.00412. The van der Waals surface area contributed by atoms with Crippen molar-refractivity contribution in [2.24, 2.45) is 11.8 Å². The lowest BCUT2D eigenvalue weighted by molar-refractivity contribution is -0.297. The summed E-state index contributed by atoms with van der Waals surface area (Å²) in [5, 5.41) is 0.0526. The van der Waals surface area contributed by atoms with Gasteiger partial charge in [0, 0.05) is 87.3 Å². The van der Waals surface area contributed by atoms with Gasteiger partial charge in [0.2, 0.25) is 14.2 Å². The van der Waals surface area contributed by atoms with Gasteiger partial charge in [0.1, 0.15) is 36.1 Å². The van der Waals surface area contributed by atoms with Crippen molar-refractivity contribution in [2.75, 3.05) is 21.3 Å². The zero-order valence-corrected chi connectivity index (χ0v) is 59.2. The van der Waals surface area contributed by atoms with Gasteiger partial charge >= 0.3 is 5.97 Å². The molecule has 0 aliphatic carbocycles. The molecule has 0 radical (unpaired) electrons. The second-order valence-corrected chi connectivity index (χ2v) is 38.4. The fourth-order valence-electron chi connectivity index (χ4n) is 13.9. The van der Waals surface area contributed by atoms with Crippen LogP contribution in [0.2, 0.25) is 34.8 Å². The molecule has 0 saturated carbocycles. The predicted octanol–water partition coefficient (Wildman–Crippen LogP) is 16.1. The predicted molar refractivity (Wildman–Crippen MR) is 351 cm³/mol. The van der Waals surface area contributed by atoms with Crippen molar-refractivity contribution in [1.82, 2.24) is 9.97 Å². The standard InChI is InChI=1S/C69H105BrN2O13Si2/c1-43(2)87(44(3)4,45(5)6)85-62(33-46(7)28-29-52(74-15)24-22-30-70)61-38-57(75-16)39-69(76-17,83-61)40-64-71-51(41-77-64)34-48(9)66-50(11)67-49(10)59(81-66)25-21-26-63-72-58(42-78-63)60-37-56(84-86(18,19)68(12,13)14)36-55(80-60)35-54-32-47(8)31-53(79-54)23-20-27-65(73)82-67/h20-21,26-29,33-34,41-45,49-50,52-57,59-62,66-67H,8,23-25,31-32,35-40H2,1-7,9-19H3/b26-21+,27-20-,29-28+,46-33+,48-34+/t49-,50-,52+,53-,54+,55+,56+,57+,59+,60+,61+,62-,66?,67-,69-/m0/s1. The quantitative estimate of drug-likeness (QED) is 0.0429. The van der Waals surface area contributed by atoms with E-state index in [0.717, 1.165) is 41.7 Å². The Morgan fingerprint density at radius 1 is 0.874 bits per heavy atom. The normalized spacial score (nSPS) is 31.7. The van der Waals surface area contributed by atoms with E-state index < -0.39 is 52.8 Å². The van der Waals surface area contributed by atoms with E-state index in [4.69, 9.17) is 65.5 Å². The van der Waals surface area contributed by atoms with E-state index in [1.807, 2.05) is 37.3 Å². The molecule has 87 heavy (non-hydrogen) atoms. The largest absolute Gasteiger partial charge is 0.458 e. The molecular formula is C69H105BrN2O13Si2. The van der Waals surface area contributed by atoms with Gasteiger partial charge in [-0.1, -0.05) is 130 Å². The van der Waals surface area contributed by atoms with Crippen molar-refractivity contribution in [3.05, 3.63) is 95.4 Å². The van der Waals surface area contributed by atoms with Crippen molar-refractivity contribution in [3.63, 3.8) is 0 Å². The van der Waals surface area contributed by atoms with Crippen LogP contribution in [0.25, 0.3) is 12.2 Å². The lowest BCUT2D eigenvalue weighted by Gasteiger charge is -2.49. The summed E-state index contributed by atoms with van der Waals surface area (Å²) in [5.41, 5.74) is 5.41. The van der Waals surface area contributed by atoms with Gasteiger partial charge in [0.05, 0.1) is 67.5 Å². The van der Waals surface area contributed by atoms with Crippen molar-refractivity contribution >= 4 is 50.7 Å². The third kappa shape index (κ3) is 18.4. The molecule has 5 aliphatic heterocycles. The van der Waals surface area contributed by atoms with Crippen LogP contribution in [0, 0.1) is 22.6 Å². The van der Waals surface area contributed by atoms with Crippen molar-refractivity contribution in [2.45, 2.75) is 274 Å². The van der Waals surface area contributed by atoms with Gasteiger partial charge in [-0.3, -0.25) is 0 Å². The summed E-state index contributed by atoms with van der Waals surface area (Å²) in [6, 6.07) is 0. The Morgan fingerprint density at radius 3 is 2.25 bits per heavy atom. The molecule has 1 unspecified atom stereocenters. The van der Waals surface area contributed by atoms with Gasteiger partial charge in [0.25, 0.3) is 0 Å². The van der Waals surface area contributed by atoms with Gasteiger partial charge < -0.3 is 55.6 Å². The van der Waals surface area contributed by atoms with E-state index in [2.05, 4.69) is 142 Å². The van der Waals surface area contributed by atoms with Gasteiger partial charge in [-0.15, -0.1) is 0 Å². The van der Waals surface area contributed by atoms with Gasteiger partial charge in [-0.05, 0) is 103 Å². The van der Waals surface area contributed by atoms with E-state index >= 15 is 0 Å². The van der Waals surface area contributed by atoms with Crippen LogP contribution in [0.15, 0.2) is 81.1 Å². The van der Waals surface area contributed by atoms with E-state index in [0.29, 0.717) is 79.0 Å². The molecule has 15 atom stereocenters. The Kier molecular flexibility index (Phi) is 25.4. The van der Waals surface area contributed by atoms with E-state index in [-0.39, 0.29) is 72.1 Å². The highest BCUT2D eigenvalue weighted by molar-refractivity contribution is 9.12. The topological polar surface area (TPSA) is 161 Å². The molecule has 0 N–H and O–H groups in total. The lowest BCUT2D eigenvalue weighted by Crippen LogP contribution is -2.57. The molecule has 15 nitrogen and oxygen atoms in total. The average molecular weight is 1310 g/mol. The first-order valence-corrected chi connectivity index (χ1v) is 37.8. The molecule has 2 aromatic rings. The number of aromatic nitrogens is 2. The van der Waals surface area contributed by atoms with E-state index in [1.54, 1.807) is 39.9 Å². The lowest BCUT2D eigenvalue weighted by atomic mass is 9.79. The number of hydrogen-bond acceptors (Lipinski definition) is 15. The van der Waals surface area contributed by atoms with Crippen LogP contribution < -0.4 is 0 Å². The Morgan fingerprint density at radius 2 is 1.59 bits per heavy atom. The van der Waals surface area contributed by atoms with Gasteiger partial charge in [-0.25, -0.2) is 14.8 Å². The first-order chi connectivity index (χ1) is 41.1. The molecule has 0 spiro atoms. The second kappa shape index (κ2) is 31.2. The van der Waals surface area contributed by atoms with Crippen LogP contribution in [0.4, 0.5) is 0 Å². The molecule has 8 bridgehead atoms. The number of rotatable bonds is 19. The second-order valence-electron chi connectivity index (χ2n) is 27.8. The van der Waals surface area contributed by atoms with Crippen LogP contribution in [0.1, 0.15) is 183 Å². The summed E-state index contributed by atoms with van der Waals surface area (Å²) in [6.45, 7) is 37.9. The zero-order chi connectivity index (χ0) is 63.6. The maximum atomic E-state index is 13.9. The number of fused-ring (bicyclic) bond motifs is 9. The number of halogens is 1. The Hall–Kier alpha value is -3.56. The summed E-state index contributed by atoms with van der Waals surface area (Å²) < 4.78 is 79.8. The third-order valence-electron chi connectivity index (χ3n) is 19.4. The first kappa shape index (κ1) is 70.9. The van der Waals surface area contributed by atoms with Crippen molar-refractivity contribution < 1.29 is 60.4 Å². The Bertz CT molecular complexity index is 2780. The zero-order valence-electron chi connectivity index (χ0n) is 55.7. The molecule has 484 valence electrons. The number of oxazole rings is 2. The summed E-state index contributed by atoms with van der Waals surface area (Å²) in [4.78, 5) is 26.7. The maximum absolute atomic E-state index is 13.9. The number of carbonyl (C=O) groups is 1. The molecule has 0 aromatic carbocycles. The molecule has 2 aromatic heterocycles. The van der Waals surface area contributed by atoms with Crippen LogP contribution >= 0.6 is 15.9 Å². The number of nitrogens with zero attached hydrogens (tertiary/aromatic N) is 2. The van der Waals surface area contributed by atoms with Crippen LogP contribution in [-0.4, -0.2) is 127 Å². The summed E-state index contributed by atoms with van der Waals surface area (Å²) in [6.07, 6.45) is 22.4. The minimum Gasteiger partial charge on any atom is -0.458 e. The molecule has 0 amide bonds. The van der Waals surface area contributed by atoms with Gasteiger partial charge in [0.15, 0.2) is 20.0 Å². The fraction of sp³-hybridized carbons (Fsp3) is 0.696. The number of hydrogen-bond donors (Lipinski definition) is 0. The van der Waals surface area contributed by atoms with Crippen LogP contribution in [-0.2, 0) is 58.0 Å². The molecule has 18 heteroatoms. The summed E-state index contributed by atoms with van der Waals surface area (Å²) >= 11 is 3.21. The average Bonchev–Trinajstić information content (AvgIpc) is 2.23. The number of esters is 1. The molecular weight excluding hydrogens is 1200 g/mol. The fourth-order valence-corrected chi connectivity index (χ4v) is 20.9. The summed E-state index contributed by atoms with van der Waals surface area (Å²) in [5.74, 6) is 2.04. The minimum atomic E-state index is -2.45. The van der Waals surface area contributed by atoms with E-state index in [9.17, 15) is 4.79 Å². The third-order valence-corrected chi connectivity index (χ3v) is 30.3. The van der Waals surface area contributed by atoms with Crippen LogP contribution in [0.3, 0.4) is 0 Å². The molecule has 7 rings (SSSR count). The molecule has 4 fully saturated rings. The SMILES string of the molecule is C=C1C[C@@H]2C[C@@H]3C[C@@H](O[Si](C)(C)C(C)(C)C)C[C@@H](O3)c3coc(n3)/C=C/C[C@H]3OC(/C(C)=C/c4coc(C[C@]5(OC)C[C@H](OC)C[C@H]([C@H](/C=C(C)/C=C/[C@@H](CC#CBr)OC)O[Si](C(C)C)(C(C)C)C(C)C)O5)n4)[C@H](C)[C@@H](OC(=O)/C=C\C[C@@H](C1)O2)[C@H]3C. The number of methoxy groups -OCH3 is 3. The number of allylic oxidation sites excluding steroid dienone is 2. The molecule has 4 saturated heterocycles. The summed E-state index contributed by atoms with van der Waals surface area (Å²) in [7, 11) is 0.548. The maximum Gasteiger partial charge on any atom is 0.330 e. The first-order valence-electron chi connectivity index (χ1n) is 32.0. The smallest absolute Gasteiger partial charge is 0.330 e. The number of carbonyl (C=O) groups excluding carboxylic acids is 1. The monoisotopic (exact) mass is 1300 g/mol. The van der Waals surface area contributed by atoms with Crippen molar-refractivity contribution in [1.29, 1.82) is 0 Å². The molecule has 7 heterocycles. The Labute approximate surface area is 532 Å². The Balaban J connectivity index is 1.14.